The third-order valence-corrected chi connectivity index (χ3v) is 5.10. The van der Waals surface area contributed by atoms with Crippen LogP contribution >= 0.6 is 12.2 Å². The van der Waals surface area contributed by atoms with Crippen molar-refractivity contribution >= 4 is 29.0 Å². The first-order chi connectivity index (χ1) is 10.9. The molecule has 122 valence electrons. The topological polar surface area (TPSA) is 58.1 Å². The Morgan fingerprint density at radius 3 is 2.78 bits per heavy atom. The van der Waals surface area contributed by atoms with Gasteiger partial charge in [0, 0.05) is 25.2 Å². The Morgan fingerprint density at radius 1 is 1.48 bits per heavy atom. The van der Waals surface area contributed by atoms with Gasteiger partial charge in [-0.2, -0.15) is 0 Å². The van der Waals surface area contributed by atoms with E-state index in [1.54, 1.807) is 23.1 Å². The molecule has 1 atom stereocenters. The number of carbonyl (C=O) groups is 1. The molecular formula is C17H21N3O2S. The highest BCUT2D eigenvalue weighted by Crippen LogP contribution is 2.35. The normalized spacial score (nSPS) is 15.6. The van der Waals surface area contributed by atoms with Crippen molar-refractivity contribution in [2.45, 2.75) is 39.3 Å². The molecule has 0 saturated heterocycles. The molecule has 1 N–H and O–H groups in total. The van der Waals surface area contributed by atoms with E-state index in [4.69, 9.17) is 12.2 Å². The SMILES string of the molecule is CCn1c(=S)[nH]c2cc(C(=O)N(C)C(C)C3CC3)ccc2c1=O. The van der Waals surface area contributed by atoms with Crippen LogP contribution in [0.2, 0.25) is 0 Å². The van der Waals surface area contributed by atoms with Crippen molar-refractivity contribution in [3.63, 3.8) is 0 Å². The zero-order valence-electron chi connectivity index (χ0n) is 13.6. The Morgan fingerprint density at radius 2 is 2.17 bits per heavy atom. The zero-order chi connectivity index (χ0) is 16.7. The van der Waals surface area contributed by atoms with E-state index >= 15 is 0 Å². The van der Waals surface area contributed by atoms with Gasteiger partial charge in [-0.1, -0.05) is 0 Å². The van der Waals surface area contributed by atoms with Crippen molar-refractivity contribution in [3.8, 4) is 0 Å². The molecule has 1 amide bonds. The van der Waals surface area contributed by atoms with Gasteiger partial charge in [0.05, 0.1) is 10.9 Å². The van der Waals surface area contributed by atoms with Crippen molar-refractivity contribution in [2.24, 2.45) is 5.92 Å². The van der Waals surface area contributed by atoms with Gasteiger partial charge in [0.1, 0.15) is 0 Å². The monoisotopic (exact) mass is 331 g/mol. The Bertz CT molecular complexity index is 880. The maximum absolute atomic E-state index is 12.7. The van der Waals surface area contributed by atoms with Crippen LogP contribution in [0.15, 0.2) is 23.0 Å². The van der Waals surface area contributed by atoms with E-state index in [0.29, 0.717) is 33.7 Å². The molecule has 2 aromatic rings. The van der Waals surface area contributed by atoms with Crippen LogP contribution in [0.4, 0.5) is 0 Å². The molecule has 0 spiro atoms. The van der Waals surface area contributed by atoms with Crippen LogP contribution in [-0.2, 0) is 6.54 Å². The van der Waals surface area contributed by atoms with Gasteiger partial charge in [-0.25, -0.2) is 0 Å². The zero-order valence-corrected chi connectivity index (χ0v) is 14.4. The molecule has 1 aliphatic carbocycles. The largest absolute Gasteiger partial charge is 0.339 e. The van der Waals surface area contributed by atoms with E-state index in [1.165, 1.54) is 17.4 Å². The lowest BCUT2D eigenvalue weighted by molar-refractivity contribution is 0.0727. The Balaban J connectivity index is 2.01. The standard InChI is InChI=1S/C17H21N3O2S/c1-4-20-16(22)13-8-7-12(9-14(13)18-17(20)23)15(21)19(3)10(2)11-5-6-11/h7-11H,4-6H2,1-3H3,(H,18,23). The fourth-order valence-corrected chi connectivity index (χ4v) is 3.28. The van der Waals surface area contributed by atoms with E-state index < -0.39 is 0 Å². The Kier molecular flexibility index (Phi) is 4.10. The fourth-order valence-electron chi connectivity index (χ4n) is 2.96. The second-order valence-electron chi connectivity index (χ2n) is 6.23. The molecule has 0 bridgehead atoms. The average Bonchev–Trinajstić information content (AvgIpc) is 3.37. The molecule has 1 aromatic carbocycles. The first-order valence-electron chi connectivity index (χ1n) is 7.98. The van der Waals surface area contributed by atoms with Crippen LogP contribution in [-0.4, -0.2) is 33.4 Å². The summed E-state index contributed by atoms with van der Waals surface area (Å²) in [6.07, 6.45) is 2.39. The number of aromatic nitrogens is 2. The van der Waals surface area contributed by atoms with Gasteiger partial charge in [-0.3, -0.25) is 14.2 Å². The van der Waals surface area contributed by atoms with Gasteiger partial charge in [0.2, 0.25) is 0 Å². The highest BCUT2D eigenvalue weighted by molar-refractivity contribution is 7.71. The van der Waals surface area contributed by atoms with Gasteiger partial charge in [0.15, 0.2) is 4.77 Å². The first-order valence-corrected chi connectivity index (χ1v) is 8.39. The van der Waals surface area contributed by atoms with Crippen LogP contribution in [0.25, 0.3) is 10.9 Å². The Labute approximate surface area is 139 Å². The number of nitrogens with one attached hydrogen (secondary N) is 1. The summed E-state index contributed by atoms with van der Waals surface area (Å²) >= 11 is 5.22. The third-order valence-electron chi connectivity index (χ3n) is 4.78. The molecule has 23 heavy (non-hydrogen) atoms. The quantitative estimate of drug-likeness (QED) is 0.876. The number of amides is 1. The molecule has 1 saturated carbocycles. The first kappa shape index (κ1) is 15.9. The predicted molar refractivity (Wildman–Crippen MR) is 93.3 cm³/mol. The van der Waals surface area contributed by atoms with Gasteiger partial charge in [0.25, 0.3) is 11.5 Å². The summed E-state index contributed by atoms with van der Waals surface area (Å²) in [4.78, 5) is 29.9. The summed E-state index contributed by atoms with van der Waals surface area (Å²) in [6, 6.07) is 5.40. The average molecular weight is 331 g/mol. The van der Waals surface area contributed by atoms with Crippen molar-refractivity contribution in [2.75, 3.05) is 7.05 Å². The van der Waals surface area contributed by atoms with Gasteiger partial charge in [-0.05, 0) is 63.0 Å². The van der Waals surface area contributed by atoms with E-state index in [-0.39, 0.29) is 17.5 Å². The van der Waals surface area contributed by atoms with E-state index in [0.717, 1.165) is 0 Å². The number of rotatable bonds is 4. The summed E-state index contributed by atoms with van der Waals surface area (Å²) in [5.74, 6) is 0.595. The predicted octanol–water partition coefficient (Wildman–Crippen LogP) is 2.95. The second-order valence-corrected chi connectivity index (χ2v) is 6.62. The summed E-state index contributed by atoms with van der Waals surface area (Å²) in [5, 5.41) is 0.551. The molecule has 1 fully saturated rings. The number of H-pyrrole nitrogens is 1. The fraction of sp³-hybridized carbons (Fsp3) is 0.471. The number of hydrogen-bond acceptors (Lipinski definition) is 3. The highest BCUT2D eigenvalue weighted by Gasteiger charge is 2.32. The summed E-state index contributed by atoms with van der Waals surface area (Å²) in [7, 11) is 1.84. The lowest BCUT2D eigenvalue weighted by atomic mass is 10.1. The lowest BCUT2D eigenvalue weighted by Gasteiger charge is -2.25. The molecule has 1 unspecified atom stereocenters. The minimum absolute atomic E-state index is 0.0229. The molecule has 5 nitrogen and oxygen atoms in total. The molecular weight excluding hydrogens is 310 g/mol. The Hall–Kier alpha value is -1.95. The molecule has 0 aliphatic heterocycles. The molecule has 0 radical (unpaired) electrons. The smallest absolute Gasteiger partial charge is 0.262 e. The van der Waals surface area contributed by atoms with E-state index in [1.807, 2.05) is 14.0 Å². The van der Waals surface area contributed by atoms with Crippen LogP contribution < -0.4 is 5.56 Å². The number of benzene rings is 1. The maximum atomic E-state index is 12.7. The van der Waals surface area contributed by atoms with E-state index in [9.17, 15) is 9.59 Å². The van der Waals surface area contributed by atoms with Crippen molar-refractivity contribution < 1.29 is 4.79 Å². The van der Waals surface area contributed by atoms with Crippen LogP contribution in [0.1, 0.15) is 37.0 Å². The van der Waals surface area contributed by atoms with Gasteiger partial charge >= 0.3 is 0 Å². The third kappa shape index (κ3) is 2.83. The van der Waals surface area contributed by atoms with Crippen LogP contribution in [0.3, 0.4) is 0 Å². The van der Waals surface area contributed by atoms with Crippen molar-refractivity contribution in [1.82, 2.24) is 14.5 Å². The van der Waals surface area contributed by atoms with Gasteiger partial charge < -0.3 is 9.88 Å². The number of hydrogen-bond donors (Lipinski definition) is 1. The van der Waals surface area contributed by atoms with Crippen LogP contribution in [0.5, 0.6) is 0 Å². The molecule has 6 heteroatoms. The maximum Gasteiger partial charge on any atom is 0.262 e. The number of nitrogens with zero attached hydrogens (tertiary/aromatic N) is 2. The van der Waals surface area contributed by atoms with E-state index in [2.05, 4.69) is 11.9 Å². The van der Waals surface area contributed by atoms with Crippen LogP contribution in [0, 0.1) is 10.7 Å². The number of aromatic amines is 1. The highest BCUT2D eigenvalue weighted by atomic mass is 32.1. The molecule has 1 heterocycles. The molecule has 1 aromatic heterocycles. The minimum atomic E-state index is -0.120. The van der Waals surface area contributed by atoms with Gasteiger partial charge in [-0.15, -0.1) is 0 Å². The van der Waals surface area contributed by atoms with Crippen molar-refractivity contribution in [3.05, 3.63) is 38.9 Å². The second kappa shape index (κ2) is 5.92. The molecule has 3 rings (SSSR count). The minimum Gasteiger partial charge on any atom is -0.339 e. The summed E-state index contributed by atoms with van der Waals surface area (Å²) < 4.78 is 1.90. The van der Waals surface area contributed by atoms with Crippen molar-refractivity contribution in [1.29, 1.82) is 0 Å². The summed E-state index contributed by atoms with van der Waals surface area (Å²) in [6.45, 7) is 4.49. The molecule has 1 aliphatic rings. The summed E-state index contributed by atoms with van der Waals surface area (Å²) in [5.41, 5.74) is 1.07. The lowest BCUT2D eigenvalue weighted by Crippen LogP contribution is -2.36. The number of fused-ring (bicyclic) bond motifs is 1. The number of carbonyl (C=O) groups excluding carboxylic acids is 1.